The van der Waals surface area contributed by atoms with Gasteiger partial charge in [0.05, 0.1) is 18.1 Å². The molecule has 2 aliphatic heterocycles. The monoisotopic (exact) mass is 972 g/mol. The second-order valence-corrected chi connectivity index (χ2v) is 21.8. The van der Waals surface area contributed by atoms with E-state index in [2.05, 4.69) is 54.7 Å². The van der Waals surface area contributed by atoms with Gasteiger partial charge in [0.25, 0.3) is 10.0 Å². The van der Waals surface area contributed by atoms with Crippen LogP contribution >= 0.6 is 22.7 Å². The maximum Gasteiger partial charge on any atom is 1.00 e. The Hall–Kier alpha value is -3.39. The third-order valence-corrected chi connectivity index (χ3v) is 17.7. The standard InChI is InChI=1S/C28H32N4O3S2.C22H28N4OS.Na.H2O/c1-20-19-36-28(30-20)26-18-32(37(33,34)24-6-3-2-4-7-24)27-25(26)16-22(17-29-27)21-8-10-23(11-9-21)31-12-5-14-35-15-13-31;1-15-14-28-22(25-15)20-13-24-21-19(20)11-17(12-23-21)16-3-5-18(6-4-16)26-7-2-9-27-10-8-26;;/h2-4,6-7,16-19,21,23H,5,8-15H2,1H3;11-14,16,18H,2-10H2,1H3,(H,23,24);;1H2/q;;+1;/p-1. The van der Waals surface area contributed by atoms with Crippen molar-refractivity contribution in [2.45, 2.75) is 107 Å². The van der Waals surface area contributed by atoms with Gasteiger partial charge in [-0.05, 0) is 125 Å². The summed E-state index contributed by atoms with van der Waals surface area (Å²) in [5.41, 5.74) is 8.00. The first-order valence-corrected chi connectivity index (χ1v) is 26.8. The number of rotatable bonds is 8. The molecular weight excluding hydrogens is 912 g/mol. The van der Waals surface area contributed by atoms with E-state index < -0.39 is 10.0 Å². The first-order chi connectivity index (χ1) is 31.8. The number of pyridine rings is 2. The van der Waals surface area contributed by atoms with E-state index in [4.69, 9.17) is 19.4 Å². The Bertz CT molecular complexity index is 2800. The predicted molar refractivity (Wildman–Crippen MR) is 262 cm³/mol. The molecule has 2 saturated carbocycles. The van der Waals surface area contributed by atoms with Crippen LogP contribution in [-0.2, 0) is 19.5 Å². The number of hydrogen-bond acceptors (Lipinski definition) is 13. The first-order valence-electron chi connectivity index (χ1n) is 23.6. The molecule has 0 amide bonds. The summed E-state index contributed by atoms with van der Waals surface area (Å²) in [6.07, 6.45) is 19.7. The fourth-order valence-electron chi connectivity index (χ4n) is 10.6. The van der Waals surface area contributed by atoms with E-state index in [0.29, 0.717) is 23.5 Å². The third-order valence-electron chi connectivity index (χ3n) is 14.1. The normalized spacial score (nSPS) is 22.2. The number of aromatic amines is 1. The minimum absolute atomic E-state index is 0. The minimum atomic E-state index is -3.79. The number of nitrogens with zero attached hydrogens (tertiary/aromatic N) is 7. The van der Waals surface area contributed by atoms with Crippen molar-refractivity contribution in [3.05, 3.63) is 101 Å². The Balaban J connectivity index is 0.000000183. The number of aryl methyl sites for hydroxylation is 2. The van der Waals surface area contributed by atoms with Crippen LogP contribution in [0.25, 0.3) is 43.2 Å². The summed E-state index contributed by atoms with van der Waals surface area (Å²) < 4.78 is 39.8. The van der Waals surface area contributed by atoms with Crippen LogP contribution in [0.5, 0.6) is 0 Å². The molecule has 8 heterocycles. The summed E-state index contributed by atoms with van der Waals surface area (Å²) >= 11 is 3.24. The van der Waals surface area contributed by atoms with Gasteiger partial charge in [0.15, 0.2) is 5.65 Å². The van der Waals surface area contributed by atoms with Gasteiger partial charge in [0.2, 0.25) is 0 Å². The van der Waals surface area contributed by atoms with E-state index in [-0.39, 0.29) is 39.9 Å². The van der Waals surface area contributed by atoms with Crippen molar-refractivity contribution in [1.82, 2.24) is 38.7 Å². The van der Waals surface area contributed by atoms with Crippen molar-refractivity contribution < 1.29 is 52.9 Å². The van der Waals surface area contributed by atoms with Gasteiger partial charge < -0.3 is 19.9 Å². The molecule has 6 aromatic heterocycles. The first kappa shape index (κ1) is 50.0. The molecule has 67 heavy (non-hydrogen) atoms. The number of benzene rings is 1. The Morgan fingerprint density at radius 1 is 0.672 bits per heavy atom. The van der Waals surface area contributed by atoms with Gasteiger partial charge in [0.1, 0.15) is 15.7 Å². The van der Waals surface area contributed by atoms with Gasteiger partial charge in [-0.3, -0.25) is 9.80 Å². The van der Waals surface area contributed by atoms with Gasteiger partial charge in [-0.2, -0.15) is 0 Å². The topological polar surface area (TPSA) is 161 Å². The van der Waals surface area contributed by atoms with E-state index in [1.54, 1.807) is 41.8 Å². The molecule has 0 radical (unpaired) electrons. The van der Waals surface area contributed by atoms with E-state index in [9.17, 15) is 8.42 Å². The van der Waals surface area contributed by atoms with Gasteiger partial charge in [-0.1, -0.05) is 18.2 Å². The molecule has 1 aromatic carbocycles. The maximum atomic E-state index is 13.6. The zero-order valence-electron chi connectivity index (χ0n) is 39.0. The molecule has 2 saturated heterocycles. The molecule has 2 aliphatic carbocycles. The second kappa shape index (κ2) is 22.6. The molecule has 13 nitrogen and oxygen atoms in total. The zero-order chi connectivity index (χ0) is 44.3. The maximum absolute atomic E-state index is 13.6. The molecule has 350 valence electrons. The van der Waals surface area contributed by atoms with Crippen molar-refractivity contribution in [2.24, 2.45) is 0 Å². The minimum Gasteiger partial charge on any atom is -0.870 e. The molecule has 2 N–H and O–H groups in total. The summed E-state index contributed by atoms with van der Waals surface area (Å²) in [5, 5.41) is 8.05. The average Bonchev–Trinajstić information content (AvgIpc) is 4.07. The van der Waals surface area contributed by atoms with E-state index in [0.717, 1.165) is 109 Å². The van der Waals surface area contributed by atoms with E-state index >= 15 is 0 Å². The SMILES string of the molecule is Cc1csc(-c2c[nH]c3ncc(C4CCC(N5CCCOCC5)CC4)cc23)n1.Cc1csc(-c2cn(S(=O)(=O)c3ccccc3)c3ncc(C4CCC(N5CCCOCC5)CC4)cc23)n1.[Na+].[OH-]. The van der Waals surface area contributed by atoms with E-state index in [1.165, 1.54) is 88.9 Å². The number of thiazole rings is 2. The van der Waals surface area contributed by atoms with Crippen molar-refractivity contribution in [3.63, 3.8) is 0 Å². The molecule has 0 spiro atoms. The number of ether oxygens (including phenoxy) is 2. The number of nitrogens with one attached hydrogen (secondary N) is 1. The number of H-pyrrole nitrogens is 1. The average molecular weight is 973 g/mol. The van der Waals surface area contributed by atoms with Gasteiger partial charge in [0, 0.05) is 120 Å². The smallest absolute Gasteiger partial charge is 0.870 e. The Morgan fingerprint density at radius 3 is 1.76 bits per heavy atom. The van der Waals surface area contributed by atoms with Gasteiger partial charge >= 0.3 is 29.6 Å². The second-order valence-electron chi connectivity index (χ2n) is 18.3. The number of aromatic nitrogens is 6. The number of fused-ring (bicyclic) bond motifs is 2. The van der Waals surface area contributed by atoms with Crippen LogP contribution in [0.1, 0.15) is 98.6 Å². The van der Waals surface area contributed by atoms with Crippen LogP contribution < -0.4 is 29.6 Å². The molecule has 4 fully saturated rings. The van der Waals surface area contributed by atoms with Crippen LogP contribution in [0.3, 0.4) is 0 Å². The van der Waals surface area contributed by atoms with Gasteiger partial charge in [-0.15, -0.1) is 22.7 Å². The molecule has 11 rings (SSSR count). The quantitative estimate of drug-likeness (QED) is 0.156. The van der Waals surface area contributed by atoms with Crippen molar-refractivity contribution in [1.29, 1.82) is 0 Å². The van der Waals surface area contributed by atoms with Crippen molar-refractivity contribution in [2.75, 3.05) is 52.6 Å². The largest absolute Gasteiger partial charge is 1.00 e. The van der Waals surface area contributed by atoms with Crippen LogP contribution in [0.4, 0.5) is 0 Å². The molecule has 4 aliphatic rings. The molecule has 0 bridgehead atoms. The Kier molecular flexibility index (Phi) is 16.8. The molecule has 0 atom stereocenters. The Labute approximate surface area is 424 Å². The Morgan fingerprint density at radius 2 is 1.21 bits per heavy atom. The van der Waals surface area contributed by atoms with Crippen LogP contribution in [0.15, 0.2) is 82.9 Å². The number of hydrogen-bond donors (Lipinski definition) is 1. The molecule has 0 unspecified atom stereocenters. The third kappa shape index (κ3) is 11.2. The zero-order valence-corrected chi connectivity index (χ0v) is 43.4. The van der Waals surface area contributed by atoms with Crippen molar-refractivity contribution in [3.8, 4) is 21.1 Å². The van der Waals surface area contributed by atoms with Crippen molar-refractivity contribution >= 4 is 54.8 Å². The molecular formula is C50H61N8NaO5S3. The van der Waals surface area contributed by atoms with E-state index in [1.807, 2.05) is 31.5 Å². The fraction of sp³-hybridized carbons (Fsp3) is 0.480. The fourth-order valence-corrected chi connectivity index (χ4v) is 13.6. The summed E-state index contributed by atoms with van der Waals surface area (Å²) in [6, 6.07) is 14.4. The molecule has 7 aromatic rings. The van der Waals surface area contributed by atoms with Crippen LogP contribution in [0, 0.1) is 13.8 Å². The summed E-state index contributed by atoms with van der Waals surface area (Å²) in [4.78, 5) is 27.7. The summed E-state index contributed by atoms with van der Waals surface area (Å²) in [6.45, 7) is 12.0. The van der Waals surface area contributed by atoms with Gasteiger partial charge in [-0.25, -0.2) is 32.3 Å². The van der Waals surface area contributed by atoms with Crippen LogP contribution in [-0.4, -0.2) is 117 Å². The summed E-state index contributed by atoms with van der Waals surface area (Å²) in [7, 11) is -3.79. The summed E-state index contributed by atoms with van der Waals surface area (Å²) in [5.74, 6) is 1.05. The van der Waals surface area contributed by atoms with Crippen LogP contribution in [0.2, 0.25) is 0 Å². The predicted octanol–water partition coefficient (Wildman–Crippen LogP) is 7.02. The molecule has 17 heteroatoms.